The van der Waals surface area contributed by atoms with Crippen molar-refractivity contribution in [3.8, 4) is 0 Å². The molecule has 0 fully saturated rings. The van der Waals surface area contributed by atoms with Crippen molar-refractivity contribution >= 4 is 17.5 Å². The first-order chi connectivity index (χ1) is 7.09. The van der Waals surface area contributed by atoms with Crippen LogP contribution in [-0.2, 0) is 4.79 Å². The van der Waals surface area contributed by atoms with Crippen molar-refractivity contribution in [2.75, 3.05) is 0 Å². The van der Waals surface area contributed by atoms with Gasteiger partial charge in [0.05, 0.1) is 6.04 Å². The molecule has 1 aromatic rings. The molecule has 2 nitrogen and oxygen atoms in total. The lowest BCUT2D eigenvalue weighted by molar-refractivity contribution is -0.119. The van der Waals surface area contributed by atoms with E-state index >= 15 is 0 Å². The first kappa shape index (κ1) is 14.0. The number of halogens is 1. The van der Waals surface area contributed by atoms with Gasteiger partial charge in [0.1, 0.15) is 0 Å². The highest BCUT2D eigenvalue weighted by Crippen LogP contribution is 2.15. The Bertz CT molecular complexity index is 295. The van der Waals surface area contributed by atoms with E-state index in [0.29, 0.717) is 5.02 Å². The summed E-state index contributed by atoms with van der Waals surface area (Å²) >= 11 is 5.73. The van der Waals surface area contributed by atoms with E-state index in [-0.39, 0.29) is 11.9 Å². The molecule has 0 aliphatic rings. The lowest BCUT2D eigenvalue weighted by Gasteiger charge is -2.12. The summed E-state index contributed by atoms with van der Waals surface area (Å²) < 4.78 is 0. The Morgan fingerprint density at radius 1 is 1.27 bits per heavy atom. The molecule has 0 saturated carbocycles. The fraction of sp³-hybridized carbons (Fsp3) is 0.417. The number of hydrogen-bond donors (Lipinski definition) is 1. The van der Waals surface area contributed by atoms with Gasteiger partial charge in [0.25, 0.3) is 0 Å². The quantitative estimate of drug-likeness (QED) is 0.823. The van der Waals surface area contributed by atoms with Crippen LogP contribution < -0.4 is 5.32 Å². The van der Waals surface area contributed by atoms with E-state index in [4.69, 9.17) is 11.6 Å². The van der Waals surface area contributed by atoms with Crippen LogP contribution in [0, 0.1) is 0 Å². The van der Waals surface area contributed by atoms with Gasteiger partial charge in [-0.1, -0.05) is 37.6 Å². The minimum Gasteiger partial charge on any atom is -0.350 e. The normalized spacial score (nSPS) is 11.0. The Morgan fingerprint density at radius 2 is 1.73 bits per heavy atom. The second kappa shape index (κ2) is 7.30. The van der Waals surface area contributed by atoms with E-state index in [1.165, 1.54) is 6.92 Å². The second-order valence-corrected chi connectivity index (χ2v) is 3.41. The summed E-state index contributed by atoms with van der Waals surface area (Å²) in [5, 5.41) is 3.50. The molecule has 0 aromatic heterocycles. The monoisotopic (exact) mass is 227 g/mol. The molecule has 1 atom stereocenters. The Labute approximate surface area is 96.6 Å². The fourth-order valence-corrected chi connectivity index (χ4v) is 1.27. The van der Waals surface area contributed by atoms with Gasteiger partial charge in [-0.15, -0.1) is 0 Å². The van der Waals surface area contributed by atoms with Crippen LogP contribution >= 0.6 is 11.6 Å². The third-order valence-electron chi connectivity index (χ3n) is 1.79. The van der Waals surface area contributed by atoms with Gasteiger partial charge in [-0.2, -0.15) is 0 Å². The van der Waals surface area contributed by atoms with Crippen molar-refractivity contribution in [2.45, 2.75) is 33.7 Å². The molecule has 0 bridgehead atoms. The summed E-state index contributed by atoms with van der Waals surface area (Å²) in [5.74, 6) is -0.0255. The SMILES string of the molecule is CC.CC(=O)NC(C)c1ccc(Cl)cc1. The van der Waals surface area contributed by atoms with Crippen molar-refractivity contribution in [2.24, 2.45) is 0 Å². The Hall–Kier alpha value is -1.02. The Morgan fingerprint density at radius 3 is 2.13 bits per heavy atom. The predicted molar refractivity (Wildman–Crippen MR) is 65.0 cm³/mol. The fourth-order valence-electron chi connectivity index (χ4n) is 1.14. The number of benzene rings is 1. The summed E-state index contributed by atoms with van der Waals surface area (Å²) in [7, 11) is 0. The third kappa shape index (κ3) is 5.43. The number of rotatable bonds is 2. The van der Waals surface area contributed by atoms with Crippen LogP contribution in [0.5, 0.6) is 0 Å². The standard InChI is InChI=1S/C10H12ClNO.C2H6/c1-7(12-8(2)13)9-3-5-10(11)6-4-9;1-2/h3-7H,1-2H3,(H,12,13);1-2H3. The van der Waals surface area contributed by atoms with Crippen LogP contribution in [0.1, 0.15) is 39.3 Å². The highest BCUT2D eigenvalue weighted by atomic mass is 35.5. The Kier molecular flexibility index (Phi) is 6.80. The molecule has 15 heavy (non-hydrogen) atoms. The molecule has 0 saturated heterocycles. The van der Waals surface area contributed by atoms with Crippen molar-refractivity contribution in [3.05, 3.63) is 34.9 Å². The van der Waals surface area contributed by atoms with Crippen molar-refractivity contribution < 1.29 is 4.79 Å². The summed E-state index contributed by atoms with van der Waals surface area (Å²) in [4.78, 5) is 10.8. The average molecular weight is 228 g/mol. The topological polar surface area (TPSA) is 29.1 Å². The van der Waals surface area contributed by atoms with Crippen LogP contribution in [0.15, 0.2) is 24.3 Å². The average Bonchev–Trinajstić information content (AvgIpc) is 2.20. The van der Waals surface area contributed by atoms with Crippen molar-refractivity contribution in [3.63, 3.8) is 0 Å². The number of carbonyl (C=O) groups is 1. The van der Waals surface area contributed by atoms with Crippen LogP contribution in [0.2, 0.25) is 5.02 Å². The molecule has 84 valence electrons. The summed E-state index contributed by atoms with van der Waals surface area (Å²) in [5.41, 5.74) is 1.06. The maximum absolute atomic E-state index is 10.8. The van der Waals surface area contributed by atoms with E-state index in [0.717, 1.165) is 5.56 Å². The van der Waals surface area contributed by atoms with E-state index in [2.05, 4.69) is 5.32 Å². The molecule has 1 N–H and O–H groups in total. The first-order valence-electron chi connectivity index (χ1n) is 5.12. The summed E-state index contributed by atoms with van der Waals surface area (Å²) in [6.07, 6.45) is 0. The van der Waals surface area contributed by atoms with E-state index < -0.39 is 0 Å². The lowest BCUT2D eigenvalue weighted by Crippen LogP contribution is -2.23. The predicted octanol–water partition coefficient (Wildman–Crippen LogP) is 3.56. The van der Waals surface area contributed by atoms with Crippen LogP contribution in [0.4, 0.5) is 0 Å². The van der Waals surface area contributed by atoms with Gasteiger partial charge in [-0.25, -0.2) is 0 Å². The minimum absolute atomic E-state index is 0.0255. The van der Waals surface area contributed by atoms with E-state index in [1.807, 2.05) is 45.0 Å². The van der Waals surface area contributed by atoms with Gasteiger partial charge in [-0.3, -0.25) is 4.79 Å². The molecule has 0 heterocycles. The Balaban J connectivity index is 0.000000921. The molecule has 1 rings (SSSR count). The molecular formula is C12H18ClNO. The van der Waals surface area contributed by atoms with Crippen LogP contribution in [0.25, 0.3) is 0 Å². The minimum atomic E-state index is -0.0255. The number of carbonyl (C=O) groups excluding carboxylic acids is 1. The lowest BCUT2D eigenvalue weighted by atomic mass is 10.1. The first-order valence-corrected chi connectivity index (χ1v) is 5.50. The van der Waals surface area contributed by atoms with E-state index in [1.54, 1.807) is 0 Å². The highest BCUT2D eigenvalue weighted by Gasteiger charge is 2.05. The number of amides is 1. The van der Waals surface area contributed by atoms with E-state index in [9.17, 15) is 4.79 Å². The van der Waals surface area contributed by atoms with Gasteiger partial charge in [0.15, 0.2) is 0 Å². The molecule has 1 amide bonds. The third-order valence-corrected chi connectivity index (χ3v) is 2.04. The zero-order valence-electron chi connectivity index (χ0n) is 9.67. The van der Waals surface area contributed by atoms with Crippen LogP contribution in [-0.4, -0.2) is 5.91 Å². The van der Waals surface area contributed by atoms with Gasteiger partial charge in [-0.05, 0) is 24.6 Å². The molecule has 1 aromatic carbocycles. The summed E-state index contributed by atoms with van der Waals surface area (Å²) in [6.45, 7) is 7.44. The zero-order chi connectivity index (χ0) is 11.8. The molecular weight excluding hydrogens is 210 g/mol. The van der Waals surface area contributed by atoms with Gasteiger partial charge >= 0.3 is 0 Å². The van der Waals surface area contributed by atoms with Crippen molar-refractivity contribution in [1.82, 2.24) is 5.32 Å². The molecule has 1 unspecified atom stereocenters. The molecule has 0 radical (unpaired) electrons. The van der Waals surface area contributed by atoms with Gasteiger partial charge < -0.3 is 5.32 Å². The van der Waals surface area contributed by atoms with Crippen LogP contribution in [0.3, 0.4) is 0 Å². The highest BCUT2D eigenvalue weighted by molar-refractivity contribution is 6.30. The summed E-state index contributed by atoms with van der Waals surface area (Å²) in [6, 6.07) is 7.48. The molecule has 0 aliphatic heterocycles. The maximum Gasteiger partial charge on any atom is 0.217 e. The zero-order valence-corrected chi connectivity index (χ0v) is 10.4. The maximum atomic E-state index is 10.8. The number of hydrogen-bond acceptors (Lipinski definition) is 1. The molecule has 0 aliphatic carbocycles. The van der Waals surface area contributed by atoms with Crippen molar-refractivity contribution in [1.29, 1.82) is 0 Å². The molecule has 3 heteroatoms. The largest absolute Gasteiger partial charge is 0.350 e. The number of nitrogens with one attached hydrogen (secondary N) is 1. The molecule has 0 spiro atoms. The van der Waals surface area contributed by atoms with Gasteiger partial charge in [0, 0.05) is 11.9 Å². The smallest absolute Gasteiger partial charge is 0.217 e. The second-order valence-electron chi connectivity index (χ2n) is 2.97. The van der Waals surface area contributed by atoms with Gasteiger partial charge in [0.2, 0.25) is 5.91 Å².